The average Bonchev–Trinajstić information content (AvgIpc) is 2.02. The van der Waals surface area contributed by atoms with Crippen molar-refractivity contribution in [1.82, 2.24) is 3.92 Å². The molecule has 61 valence electrons. The Morgan fingerprint density at radius 2 is 1.10 bits per heavy atom. The number of rotatable bonds is 0. The van der Waals surface area contributed by atoms with E-state index >= 15 is 0 Å². The van der Waals surface area contributed by atoms with Gasteiger partial charge in [-0.3, -0.25) is 0 Å². The number of nitrogens with zero attached hydrogens (tertiary/aromatic N) is 1. The van der Waals surface area contributed by atoms with E-state index in [1.807, 2.05) is 0 Å². The van der Waals surface area contributed by atoms with E-state index in [9.17, 15) is 0 Å². The fraction of sp³-hybridized carbons (Fsp3) is 1.00. The molecular formula is C8H16FeN. The molecule has 0 aliphatic carbocycles. The quantitative estimate of drug-likeness (QED) is 0.518. The molecule has 0 radical (unpaired) electrons. The Balaban J connectivity index is 2.15. The van der Waals surface area contributed by atoms with E-state index in [2.05, 4.69) is 20.1 Å². The van der Waals surface area contributed by atoms with Crippen molar-refractivity contribution in [1.29, 1.82) is 0 Å². The fourth-order valence-corrected chi connectivity index (χ4v) is 1.73. The average molecular weight is 182 g/mol. The summed E-state index contributed by atoms with van der Waals surface area (Å²) in [5.41, 5.74) is 0. The summed E-state index contributed by atoms with van der Waals surface area (Å²) in [4.78, 5) is 0. The molecule has 0 aromatic heterocycles. The second kappa shape index (κ2) is 5.17. The van der Waals surface area contributed by atoms with Crippen LogP contribution >= 0.6 is 0 Å². The van der Waals surface area contributed by atoms with Gasteiger partial charge in [0.25, 0.3) is 0 Å². The van der Waals surface area contributed by atoms with Crippen LogP contribution in [0.1, 0.15) is 38.5 Å². The molecule has 1 nitrogen and oxygen atoms in total. The molecule has 0 bridgehead atoms. The molecule has 1 heterocycles. The van der Waals surface area contributed by atoms with Crippen LogP contribution in [0.2, 0.25) is 0 Å². The topological polar surface area (TPSA) is 3.24 Å². The third-order valence-corrected chi connectivity index (χ3v) is 2.53. The fourth-order valence-electron chi connectivity index (χ4n) is 1.38. The van der Waals surface area contributed by atoms with Crippen LogP contribution in [0, 0.1) is 0 Å². The molecule has 0 atom stereocenters. The molecule has 0 aromatic rings. The Kier molecular flexibility index (Phi) is 4.44. The van der Waals surface area contributed by atoms with Crippen molar-refractivity contribution < 1.29 is 16.2 Å². The SMILES string of the molecule is [Fe][N]1CCCCCCCC1. The van der Waals surface area contributed by atoms with Crippen molar-refractivity contribution in [2.75, 3.05) is 13.1 Å². The van der Waals surface area contributed by atoms with Gasteiger partial charge in [0.15, 0.2) is 0 Å². The van der Waals surface area contributed by atoms with Crippen molar-refractivity contribution in [3.8, 4) is 0 Å². The zero-order chi connectivity index (χ0) is 7.23. The summed E-state index contributed by atoms with van der Waals surface area (Å²) in [5.74, 6) is 0. The van der Waals surface area contributed by atoms with E-state index in [0.717, 1.165) is 0 Å². The van der Waals surface area contributed by atoms with Gasteiger partial charge >= 0.3 is 71.8 Å². The minimum absolute atomic E-state index is 1.21. The summed E-state index contributed by atoms with van der Waals surface area (Å²) in [5, 5.41) is 0. The summed E-state index contributed by atoms with van der Waals surface area (Å²) >= 11 is 3.97. The molecule has 0 aromatic carbocycles. The molecule has 0 N–H and O–H groups in total. The predicted molar refractivity (Wildman–Crippen MR) is 39.3 cm³/mol. The van der Waals surface area contributed by atoms with Gasteiger partial charge in [-0.15, -0.1) is 0 Å². The van der Waals surface area contributed by atoms with Crippen LogP contribution in [0.15, 0.2) is 0 Å². The maximum absolute atomic E-state index is 3.97. The first kappa shape index (κ1) is 8.57. The van der Waals surface area contributed by atoms with Crippen LogP contribution in [-0.2, 0) is 16.2 Å². The number of hydrogen-bond donors (Lipinski definition) is 0. The first-order valence-corrected chi connectivity index (χ1v) is 4.78. The third kappa shape index (κ3) is 3.60. The summed E-state index contributed by atoms with van der Waals surface area (Å²) in [6.45, 7) is 2.42. The maximum atomic E-state index is 3.97. The standard InChI is InChI=1S/C8H16N.Fe/c1-2-4-6-8-9-7-5-3-1;/h1-8H2;/q-1;+1. The molecule has 1 fully saturated rings. The van der Waals surface area contributed by atoms with Crippen LogP contribution in [0.4, 0.5) is 0 Å². The summed E-state index contributed by atoms with van der Waals surface area (Å²) < 4.78 is 2.21. The van der Waals surface area contributed by atoms with Gasteiger partial charge in [0, 0.05) is 0 Å². The van der Waals surface area contributed by atoms with Crippen molar-refractivity contribution >= 4 is 0 Å². The van der Waals surface area contributed by atoms with Gasteiger partial charge < -0.3 is 0 Å². The zero-order valence-electron chi connectivity index (χ0n) is 6.46. The van der Waals surface area contributed by atoms with Gasteiger partial charge in [0.1, 0.15) is 0 Å². The second-order valence-corrected chi connectivity index (χ2v) is 3.71. The normalized spacial score (nSPS) is 24.9. The van der Waals surface area contributed by atoms with Crippen LogP contribution in [-0.4, -0.2) is 17.0 Å². The molecule has 0 amide bonds. The molecule has 1 aliphatic heterocycles. The van der Waals surface area contributed by atoms with E-state index in [4.69, 9.17) is 0 Å². The molecule has 0 spiro atoms. The van der Waals surface area contributed by atoms with Crippen molar-refractivity contribution in [2.24, 2.45) is 0 Å². The van der Waals surface area contributed by atoms with Gasteiger partial charge in [-0.1, -0.05) is 0 Å². The van der Waals surface area contributed by atoms with Gasteiger partial charge in [-0.2, -0.15) is 0 Å². The Morgan fingerprint density at radius 3 is 1.60 bits per heavy atom. The van der Waals surface area contributed by atoms with E-state index in [0.29, 0.717) is 0 Å². The van der Waals surface area contributed by atoms with Crippen molar-refractivity contribution in [3.05, 3.63) is 0 Å². The molecule has 1 aliphatic rings. The van der Waals surface area contributed by atoms with E-state index in [-0.39, 0.29) is 0 Å². The van der Waals surface area contributed by atoms with Gasteiger partial charge in [-0.25, -0.2) is 0 Å². The summed E-state index contributed by atoms with van der Waals surface area (Å²) in [6.07, 6.45) is 8.40. The van der Waals surface area contributed by atoms with E-state index < -0.39 is 0 Å². The van der Waals surface area contributed by atoms with Gasteiger partial charge in [0.05, 0.1) is 0 Å². The Labute approximate surface area is 72.2 Å². The van der Waals surface area contributed by atoms with Crippen LogP contribution < -0.4 is 0 Å². The van der Waals surface area contributed by atoms with Crippen molar-refractivity contribution in [2.45, 2.75) is 38.5 Å². The molecule has 1 saturated heterocycles. The van der Waals surface area contributed by atoms with Gasteiger partial charge in [0.2, 0.25) is 0 Å². The van der Waals surface area contributed by atoms with Crippen molar-refractivity contribution in [3.63, 3.8) is 0 Å². The first-order valence-electron chi connectivity index (χ1n) is 4.29. The van der Waals surface area contributed by atoms with Crippen LogP contribution in [0.3, 0.4) is 0 Å². The summed E-state index contributed by atoms with van der Waals surface area (Å²) in [7, 11) is 0. The first-order chi connectivity index (χ1) is 4.89. The second-order valence-electron chi connectivity index (χ2n) is 3.02. The van der Waals surface area contributed by atoms with Gasteiger partial charge in [-0.05, 0) is 0 Å². The number of hydrogen-bond acceptors (Lipinski definition) is 1. The Bertz CT molecular complexity index is 75.3. The molecule has 2 heteroatoms. The third-order valence-electron chi connectivity index (χ3n) is 2.04. The van der Waals surface area contributed by atoms with E-state index in [1.54, 1.807) is 0 Å². The van der Waals surface area contributed by atoms with Crippen LogP contribution in [0.5, 0.6) is 0 Å². The van der Waals surface area contributed by atoms with E-state index in [1.165, 1.54) is 51.6 Å². The molecular weight excluding hydrogens is 166 g/mol. The Morgan fingerprint density at radius 1 is 0.700 bits per heavy atom. The monoisotopic (exact) mass is 182 g/mol. The molecule has 10 heavy (non-hydrogen) atoms. The minimum atomic E-state index is 1.21. The molecule has 0 saturated carbocycles. The molecule has 1 rings (SSSR count). The predicted octanol–water partition coefficient (Wildman–Crippen LogP) is 2.10. The summed E-state index contributed by atoms with van der Waals surface area (Å²) in [6, 6.07) is 0. The zero-order valence-corrected chi connectivity index (χ0v) is 7.56. The Hall–Kier alpha value is 0.479. The van der Waals surface area contributed by atoms with Crippen LogP contribution in [0.25, 0.3) is 0 Å². The molecule has 0 unspecified atom stereocenters.